The topological polar surface area (TPSA) is 49.9 Å². The smallest absolute Gasteiger partial charge is 0.226 e. The summed E-state index contributed by atoms with van der Waals surface area (Å²) < 4.78 is 5.29. The first-order chi connectivity index (χ1) is 11.6. The molecule has 2 saturated heterocycles. The molecule has 1 aromatic rings. The van der Waals surface area contributed by atoms with Gasteiger partial charge in [-0.2, -0.15) is 0 Å². The summed E-state index contributed by atoms with van der Waals surface area (Å²) in [5.74, 6) is 0.967. The van der Waals surface area contributed by atoms with E-state index in [9.17, 15) is 9.59 Å². The summed E-state index contributed by atoms with van der Waals surface area (Å²) in [5.41, 5.74) is 1.19. The summed E-state index contributed by atoms with van der Waals surface area (Å²) in [5, 5.41) is 0. The Hall–Kier alpha value is -2.04. The second-order valence-corrected chi connectivity index (χ2v) is 6.89. The summed E-state index contributed by atoms with van der Waals surface area (Å²) in [4.78, 5) is 28.6. The van der Waals surface area contributed by atoms with Crippen LogP contribution in [-0.4, -0.2) is 54.9 Å². The molecule has 5 nitrogen and oxygen atoms in total. The van der Waals surface area contributed by atoms with Crippen LogP contribution in [-0.2, 0) is 16.0 Å². The molecule has 0 radical (unpaired) electrons. The second-order valence-electron chi connectivity index (χ2n) is 6.89. The lowest BCUT2D eigenvalue weighted by molar-refractivity contribution is -0.144. The van der Waals surface area contributed by atoms with Crippen molar-refractivity contribution in [1.29, 1.82) is 0 Å². The van der Waals surface area contributed by atoms with Crippen LogP contribution in [0.15, 0.2) is 24.3 Å². The van der Waals surface area contributed by atoms with Gasteiger partial charge in [-0.15, -0.1) is 0 Å². The lowest BCUT2D eigenvalue weighted by Crippen LogP contribution is -2.45. The highest BCUT2D eigenvalue weighted by molar-refractivity contribution is 5.87. The minimum absolute atomic E-state index is 0.0862. The molecule has 3 rings (SSSR count). The first-order valence-electron chi connectivity index (χ1n) is 8.76. The molecule has 0 N–H and O–H groups in total. The van der Waals surface area contributed by atoms with Crippen molar-refractivity contribution >= 4 is 11.8 Å². The number of piperidine rings is 1. The van der Waals surface area contributed by atoms with Gasteiger partial charge in [-0.25, -0.2) is 0 Å². The maximum Gasteiger partial charge on any atom is 0.226 e. The van der Waals surface area contributed by atoms with E-state index in [4.69, 9.17) is 4.74 Å². The van der Waals surface area contributed by atoms with Gasteiger partial charge in [-0.3, -0.25) is 9.59 Å². The maximum atomic E-state index is 12.9. The van der Waals surface area contributed by atoms with Crippen molar-refractivity contribution in [2.45, 2.75) is 38.1 Å². The number of likely N-dealkylation sites (tertiary alicyclic amines) is 2. The van der Waals surface area contributed by atoms with Gasteiger partial charge in [-0.1, -0.05) is 12.1 Å². The third-order valence-electron chi connectivity index (χ3n) is 5.27. The van der Waals surface area contributed by atoms with Crippen LogP contribution in [0, 0.1) is 5.92 Å². The lowest BCUT2D eigenvalue weighted by Gasteiger charge is -2.33. The molecule has 2 heterocycles. The molecule has 0 spiro atoms. The first kappa shape index (κ1) is 16.8. The molecule has 1 aromatic carbocycles. The predicted octanol–water partition coefficient (Wildman–Crippen LogP) is 2.10. The number of carbonyl (C=O) groups is 2. The van der Waals surface area contributed by atoms with Gasteiger partial charge < -0.3 is 14.5 Å². The van der Waals surface area contributed by atoms with Crippen LogP contribution in [0.25, 0.3) is 0 Å². The quantitative estimate of drug-likeness (QED) is 0.849. The molecule has 2 aliphatic rings. The summed E-state index contributed by atoms with van der Waals surface area (Å²) in [6.07, 6.45) is 4.06. The molecule has 0 aromatic heterocycles. The van der Waals surface area contributed by atoms with Crippen molar-refractivity contribution in [2.24, 2.45) is 5.92 Å². The van der Waals surface area contributed by atoms with Crippen molar-refractivity contribution in [2.75, 3.05) is 27.2 Å². The molecule has 2 unspecified atom stereocenters. The van der Waals surface area contributed by atoms with E-state index in [0.29, 0.717) is 13.0 Å². The highest BCUT2D eigenvalue weighted by atomic mass is 16.5. The fourth-order valence-corrected chi connectivity index (χ4v) is 3.80. The van der Waals surface area contributed by atoms with Crippen LogP contribution in [0.1, 0.15) is 31.2 Å². The molecule has 2 amide bonds. The van der Waals surface area contributed by atoms with Crippen molar-refractivity contribution < 1.29 is 14.3 Å². The Bertz CT molecular complexity index is 616. The molecule has 2 aliphatic heterocycles. The standard InChI is InChI=1S/C19H26N2O3/c1-20-10-8-15(13-18(20)22)19(23)21-9-4-6-16(21)11-14-5-3-7-17(12-14)24-2/h3,5,7,12,15-16H,4,6,8-11,13H2,1-2H3. The van der Waals surface area contributed by atoms with Crippen LogP contribution in [0.2, 0.25) is 0 Å². The number of amides is 2. The van der Waals surface area contributed by atoms with Gasteiger partial charge in [0.15, 0.2) is 0 Å². The Morgan fingerprint density at radius 1 is 1.29 bits per heavy atom. The Balaban J connectivity index is 1.66. The number of rotatable bonds is 4. The lowest BCUT2D eigenvalue weighted by atomic mass is 9.94. The van der Waals surface area contributed by atoms with Crippen molar-refractivity contribution in [1.82, 2.24) is 9.80 Å². The van der Waals surface area contributed by atoms with Gasteiger partial charge in [0.1, 0.15) is 5.75 Å². The molecule has 0 saturated carbocycles. The fourth-order valence-electron chi connectivity index (χ4n) is 3.80. The van der Waals surface area contributed by atoms with Crippen LogP contribution < -0.4 is 4.74 Å². The fraction of sp³-hybridized carbons (Fsp3) is 0.579. The van der Waals surface area contributed by atoms with Gasteiger partial charge in [0.2, 0.25) is 11.8 Å². The van der Waals surface area contributed by atoms with E-state index in [1.165, 1.54) is 5.56 Å². The first-order valence-corrected chi connectivity index (χ1v) is 8.76. The van der Waals surface area contributed by atoms with Crippen LogP contribution in [0.3, 0.4) is 0 Å². The van der Waals surface area contributed by atoms with E-state index in [2.05, 4.69) is 6.07 Å². The van der Waals surface area contributed by atoms with Crippen LogP contribution in [0.5, 0.6) is 5.75 Å². The molecule has 24 heavy (non-hydrogen) atoms. The minimum Gasteiger partial charge on any atom is -0.497 e. The molecule has 2 fully saturated rings. The van der Waals surface area contributed by atoms with E-state index in [1.807, 2.05) is 30.1 Å². The second kappa shape index (κ2) is 7.24. The highest BCUT2D eigenvalue weighted by Crippen LogP contribution is 2.27. The van der Waals surface area contributed by atoms with Gasteiger partial charge in [0.25, 0.3) is 0 Å². The zero-order valence-electron chi connectivity index (χ0n) is 14.5. The van der Waals surface area contributed by atoms with Crippen molar-refractivity contribution in [3.63, 3.8) is 0 Å². The Morgan fingerprint density at radius 2 is 2.12 bits per heavy atom. The average molecular weight is 330 g/mol. The summed E-state index contributed by atoms with van der Waals surface area (Å²) in [6, 6.07) is 8.29. The van der Waals surface area contributed by atoms with Gasteiger partial charge in [0, 0.05) is 38.5 Å². The highest BCUT2D eigenvalue weighted by Gasteiger charge is 2.36. The number of nitrogens with zero attached hydrogens (tertiary/aromatic N) is 2. The zero-order chi connectivity index (χ0) is 17.1. The van der Waals surface area contributed by atoms with E-state index in [1.54, 1.807) is 12.0 Å². The minimum atomic E-state index is -0.139. The number of hydrogen-bond acceptors (Lipinski definition) is 3. The third-order valence-corrected chi connectivity index (χ3v) is 5.27. The Kier molecular flexibility index (Phi) is 5.07. The summed E-state index contributed by atoms with van der Waals surface area (Å²) >= 11 is 0. The van der Waals surface area contributed by atoms with E-state index >= 15 is 0 Å². The monoisotopic (exact) mass is 330 g/mol. The maximum absolute atomic E-state index is 12.9. The largest absolute Gasteiger partial charge is 0.497 e. The summed E-state index contributed by atoms with van der Waals surface area (Å²) in [7, 11) is 3.48. The third kappa shape index (κ3) is 3.55. The number of carbonyl (C=O) groups excluding carboxylic acids is 2. The van der Waals surface area contributed by atoms with Crippen LogP contribution >= 0.6 is 0 Å². The van der Waals surface area contributed by atoms with E-state index < -0.39 is 0 Å². The molecule has 5 heteroatoms. The zero-order valence-corrected chi connectivity index (χ0v) is 14.5. The van der Waals surface area contributed by atoms with Gasteiger partial charge in [0.05, 0.1) is 7.11 Å². The van der Waals surface area contributed by atoms with Gasteiger partial charge >= 0.3 is 0 Å². The molecular formula is C19H26N2O3. The Morgan fingerprint density at radius 3 is 2.88 bits per heavy atom. The number of ether oxygens (including phenoxy) is 1. The van der Waals surface area contributed by atoms with E-state index in [0.717, 1.165) is 38.0 Å². The van der Waals surface area contributed by atoms with Crippen molar-refractivity contribution in [3.05, 3.63) is 29.8 Å². The number of hydrogen-bond donors (Lipinski definition) is 0. The molecule has 130 valence electrons. The number of benzene rings is 1. The normalized spacial score (nSPS) is 24.3. The predicted molar refractivity (Wildman–Crippen MR) is 91.8 cm³/mol. The molecule has 0 aliphatic carbocycles. The van der Waals surface area contributed by atoms with E-state index in [-0.39, 0.29) is 23.8 Å². The van der Waals surface area contributed by atoms with Crippen LogP contribution in [0.4, 0.5) is 0 Å². The average Bonchev–Trinajstić information content (AvgIpc) is 3.05. The molecular weight excluding hydrogens is 304 g/mol. The Labute approximate surface area is 143 Å². The summed E-state index contributed by atoms with van der Waals surface area (Å²) in [6.45, 7) is 1.50. The molecule has 2 atom stereocenters. The SMILES string of the molecule is COc1cccc(CC2CCCN2C(=O)C2CCN(C)C(=O)C2)c1. The molecule has 0 bridgehead atoms. The number of methoxy groups -OCH3 is 1. The van der Waals surface area contributed by atoms with Gasteiger partial charge in [-0.05, 0) is 43.4 Å². The van der Waals surface area contributed by atoms with Crippen molar-refractivity contribution in [3.8, 4) is 5.75 Å².